The molecular formula is C27H27N7O3. The van der Waals surface area contributed by atoms with Gasteiger partial charge >= 0.3 is 0 Å². The highest BCUT2D eigenvalue weighted by Crippen LogP contribution is 2.30. The fourth-order valence-electron chi connectivity index (χ4n) is 4.28. The average molecular weight is 498 g/mol. The van der Waals surface area contributed by atoms with Gasteiger partial charge in [-0.25, -0.2) is 15.0 Å². The van der Waals surface area contributed by atoms with E-state index in [1.165, 1.54) is 0 Å². The van der Waals surface area contributed by atoms with E-state index in [4.69, 9.17) is 9.51 Å². The van der Waals surface area contributed by atoms with Crippen molar-refractivity contribution < 1.29 is 14.1 Å². The molecule has 1 N–H and O–H groups in total. The summed E-state index contributed by atoms with van der Waals surface area (Å²) in [5, 5.41) is 7.23. The standard InChI is InChI=1S/C27H27N7O3/c1-17(25(35)34(3)18-8-5-4-6-9-18)29-27-28-14-12-22(31-27)20-10-7-11-21(30-20)23-16-24(37-32-23)19-13-15-33(2)26(19)36/h4-12,14,16-17,19H,13,15H2,1-3H3,(H,28,29,31)/t17-,19-/m0/s1. The number of benzene rings is 1. The van der Waals surface area contributed by atoms with Gasteiger partial charge in [0.25, 0.3) is 0 Å². The lowest BCUT2D eigenvalue weighted by molar-refractivity contribution is -0.128. The summed E-state index contributed by atoms with van der Waals surface area (Å²) in [6.45, 7) is 2.47. The zero-order valence-electron chi connectivity index (χ0n) is 20.8. The number of aromatic nitrogens is 4. The number of nitrogens with zero attached hydrogens (tertiary/aromatic N) is 6. The SMILES string of the molecule is C[C@H](Nc1nccc(-c2cccc(-c3cc([C@@H]4CCN(C)C4=O)on3)n2)n1)C(=O)N(C)c1ccccc1. The molecule has 1 saturated heterocycles. The molecule has 5 rings (SSSR count). The molecule has 4 aromatic rings. The normalized spacial score (nSPS) is 16.0. The quantitative estimate of drug-likeness (QED) is 0.412. The lowest BCUT2D eigenvalue weighted by Gasteiger charge is -2.22. The molecule has 0 radical (unpaired) electrons. The highest BCUT2D eigenvalue weighted by Gasteiger charge is 2.33. The van der Waals surface area contributed by atoms with Gasteiger partial charge in [-0.3, -0.25) is 9.59 Å². The Morgan fingerprint density at radius 3 is 2.51 bits per heavy atom. The number of likely N-dealkylation sites (N-methyl/N-ethyl adjacent to an activating group) is 2. The van der Waals surface area contributed by atoms with Gasteiger partial charge in [0.15, 0.2) is 0 Å². The van der Waals surface area contributed by atoms with Crippen molar-refractivity contribution in [3.05, 3.63) is 72.6 Å². The third-order valence-electron chi connectivity index (χ3n) is 6.42. The Kier molecular flexibility index (Phi) is 6.63. The molecule has 0 aliphatic carbocycles. The van der Waals surface area contributed by atoms with Gasteiger partial charge in [0.05, 0.1) is 17.1 Å². The fourth-order valence-corrected chi connectivity index (χ4v) is 4.28. The summed E-state index contributed by atoms with van der Waals surface area (Å²) in [6, 6.07) is 17.9. The maximum absolute atomic E-state index is 12.9. The third kappa shape index (κ3) is 5.04. The van der Waals surface area contributed by atoms with Crippen LogP contribution in [-0.2, 0) is 9.59 Å². The largest absolute Gasteiger partial charge is 0.360 e. The van der Waals surface area contributed by atoms with E-state index in [0.717, 1.165) is 5.69 Å². The maximum atomic E-state index is 12.9. The van der Waals surface area contributed by atoms with Crippen LogP contribution in [0.3, 0.4) is 0 Å². The Morgan fingerprint density at radius 2 is 1.78 bits per heavy atom. The highest BCUT2D eigenvalue weighted by atomic mass is 16.5. The molecule has 3 aromatic heterocycles. The molecule has 10 nitrogen and oxygen atoms in total. The van der Waals surface area contributed by atoms with E-state index in [-0.39, 0.29) is 17.7 Å². The molecule has 1 aliphatic heterocycles. The van der Waals surface area contributed by atoms with E-state index >= 15 is 0 Å². The molecule has 2 amide bonds. The van der Waals surface area contributed by atoms with Crippen LogP contribution in [0.1, 0.15) is 25.0 Å². The summed E-state index contributed by atoms with van der Waals surface area (Å²) >= 11 is 0. The molecule has 4 heterocycles. The summed E-state index contributed by atoms with van der Waals surface area (Å²) in [7, 11) is 3.52. The van der Waals surface area contributed by atoms with Crippen LogP contribution < -0.4 is 10.2 Å². The summed E-state index contributed by atoms with van der Waals surface area (Å²) < 4.78 is 5.49. The fraction of sp³-hybridized carbons (Fsp3) is 0.259. The number of pyridine rings is 1. The lowest BCUT2D eigenvalue weighted by Crippen LogP contribution is -2.39. The highest BCUT2D eigenvalue weighted by molar-refractivity contribution is 5.97. The van der Waals surface area contributed by atoms with Crippen LogP contribution in [0.4, 0.5) is 11.6 Å². The smallest absolute Gasteiger partial charge is 0.249 e. The van der Waals surface area contributed by atoms with E-state index in [2.05, 4.69) is 20.4 Å². The number of rotatable bonds is 7. The van der Waals surface area contributed by atoms with Crippen molar-refractivity contribution in [1.29, 1.82) is 0 Å². The van der Waals surface area contributed by atoms with Gasteiger partial charge in [0.1, 0.15) is 23.4 Å². The number of nitrogens with one attached hydrogen (secondary N) is 1. The van der Waals surface area contributed by atoms with Gasteiger partial charge in [-0.05, 0) is 43.7 Å². The predicted molar refractivity (Wildman–Crippen MR) is 139 cm³/mol. The van der Waals surface area contributed by atoms with Crippen LogP contribution in [0.25, 0.3) is 22.8 Å². The van der Waals surface area contributed by atoms with Crippen LogP contribution >= 0.6 is 0 Å². The van der Waals surface area contributed by atoms with Crippen molar-refractivity contribution in [3.8, 4) is 22.8 Å². The molecule has 0 spiro atoms. The van der Waals surface area contributed by atoms with Crippen LogP contribution in [0.2, 0.25) is 0 Å². The van der Waals surface area contributed by atoms with Gasteiger partial charge < -0.3 is 19.6 Å². The third-order valence-corrected chi connectivity index (χ3v) is 6.42. The second-order valence-electron chi connectivity index (χ2n) is 8.99. The Bertz CT molecular complexity index is 1420. The molecule has 1 aromatic carbocycles. The minimum atomic E-state index is -0.550. The summed E-state index contributed by atoms with van der Waals surface area (Å²) in [4.78, 5) is 42.1. The number of hydrogen-bond donors (Lipinski definition) is 1. The van der Waals surface area contributed by atoms with Crippen LogP contribution in [-0.4, -0.2) is 63.5 Å². The number of likely N-dealkylation sites (tertiary alicyclic amines) is 1. The first-order valence-electron chi connectivity index (χ1n) is 12.0. The van der Waals surface area contributed by atoms with E-state index < -0.39 is 6.04 Å². The van der Waals surface area contributed by atoms with E-state index in [1.54, 1.807) is 49.1 Å². The minimum absolute atomic E-state index is 0.0353. The van der Waals surface area contributed by atoms with Crippen LogP contribution in [0.15, 0.2) is 71.4 Å². The summed E-state index contributed by atoms with van der Waals surface area (Å²) in [5.41, 5.74) is 3.16. The molecule has 37 heavy (non-hydrogen) atoms. The second-order valence-corrected chi connectivity index (χ2v) is 8.99. The van der Waals surface area contributed by atoms with E-state index in [9.17, 15) is 9.59 Å². The second kappa shape index (κ2) is 10.2. The van der Waals surface area contributed by atoms with Crippen molar-refractivity contribution >= 4 is 23.5 Å². The number of anilines is 2. The molecule has 0 bridgehead atoms. The maximum Gasteiger partial charge on any atom is 0.249 e. The van der Waals surface area contributed by atoms with E-state index in [0.29, 0.717) is 47.4 Å². The molecule has 0 saturated carbocycles. The van der Waals surface area contributed by atoms with Crippen molar-refractivity contribution in [1.82, 2.24) is 25.0 Å². The Labute approximate surface area is 214 Å². The molecular weight excluding hydrogens is 470 g/mol. The Balaban J connectivity index is 1.32. The minimum Gasteiger partial charge on any atom is -0.360 e. The molecule has 0 unspecified atom stereocenters. The number of para-hydroxylation sites is 1. The Morgan fingerprint density at radius 1 is 1.05 bits per heavy atom. The summed E-state index contributed by atoms with van der Waals surface area (Å²) in [5.74, 6) is 0.474. The Hall–Kier alpha value is -4.60. The number of amides is 2. The number of carbonyl (C=O) groups excluding carboxylic acids is 2. The zero-order valence-corrected chi connectivity index (χ0v) is 20.8. The summed E-state index contributed by atoms with van der Waals surface area (Å²) in [6.07, 6.45) is 2.32. The topological polar surface area (TPSA) is 117 Å². The van der Waals surface area contributed by atoms with Crippen LogP contribution in [0, 0.1) is 0 Å². The lowest BCUT2D eigenvalue weighted by atomic mass is 10.0. The molecule has 1 fully saturated rings. The molecule has 2 atom stereocenters. The van der Waals surface area contributed by atoms with Gasteiger partial charge in [-0.2, -0.15) is 0 Å². The number of carbonyl (C=O) groups is 2. The molecule has 188 valence electrons. The van der Waals surface area contributed by atoms with Gasteiger partial charge in [-0.15, -0.1) is 0 Å². The first-order chi connectivity index (χ1) is 17.9. The number of hydrogen-bond acceptors (Lipinski definition) is 8. The monoisotopic (exact) mass is 497 g/mol. The van der Waals surface area contributed by atoms with Gasteiger partial charge in [0, 0.05) is 38.6 Å². The predicted octanol–water partition coefficient (Wildman–Crippen LogP) is 3.60. The average Bonchev–Trinajstić information content (AvgIpc) is 3.55. The van der Waals surface area contributed by atoms with Crippen molar-refractivity contribution in [2.24, 2.45) is 0 Å². The zero-order chi connectivity index (χ0) is 25.9. The molecule has 10 heteroatoms. The molecule has 1 aliphatic rings. The first-order valence-corrected chi connectivity index (χ1v) is 12.0. The van der Waals surface area contributed by atoms with Gasteiger partial charge in [0.2, 0.25) is 17.8 Å². The van der Waals surface area contributed by atoms with Crippen LogP contribution in [0.5, 0.6) is 0 Å². The van der Waals surface area contributed by atoms with Crippen molar-refractivity contribution in [2.45, 2.75) is 25.3 Å². The van der Waals surface area contributed by atoms with Crippen molar-refractivity contribution in [2.75, 3.05) is 30.9 Å². The van der Waals surface area contributed by atoms with Gasteiger partial charge in [-0.1, -0.05) is 29.4 Å². The first kappa shape index (κ1) is 24.1. The van der Waals surface area contributed by atoms with Crippen molar-refractivity contribution in [3.63, 3.8) is 0 Å². The van der Waals surface area contributed by atoms with E-state index in [1.807, 2.05) is 48.5 Å².